The minimum Gasteiger partial charge on any atom is -0.456 e. The molecule has 1 heterocycles. The van der Waals surface area contributed by atoms with E-state index in [1.807, 2.05) is 42.5 Å². The second-order valence-electron chi connectivity index (χ2n) is 8.88. The maximum Gasteiger partial charge on any atom is 0.251 e. The van der Waals surface area contributed by atoms with Gasteiger partial charge in [-0.2, -0.15) is 0 Å². The lowest BCUT2D eigenvalue weighted by Gasteiger charge is -2.27. The summed E-state index contributed by atoms with van der Waals surface area (Å²) in [5.41, 5.74) is 4.29. The van der Waals surface area contributed by atoms with Crippen molar-refractivity contribution in [3.05, 3.63) is 84.2 Å². The van der Waals surface area contributed by atoms with Crippen LogP contribution in [0.2, 0.25) is 0 Å². The van der Waals surface area contributed by atoms with E-state index in [9.17, 15) is 9.18 Å². The molecule has 1 saturated carbocycles. The zero-order valence-electron chi connectivity index (χ0n) is 18.1. The van der Waals surface area contributed by atoms with Crippen LogP contribution in [0.4, 0.5) is 4.39 Å². The van der Waals surface area contributed by atoms with E-state index in [1.165, 1.54) is 25.0 Å². The standard InChI is InChI=1S/C28H26FNO2/c1-18-5-12-25(13-6-18)30-28(31)22-4-2-3-20(15-22)21-9-14-26-23(16-21)17-27(32-26)19-7-10-24(29)11-8-19/h2-4,7-11,14-18,25H,5-6,12-13H2,1H3,(H,30,31). The number of hydrogen-bond donors (Lipinski definition) is 1. The third-order valence-corrected chi connectivity index (χ3v) is 6.45. The number of carbonyl (C=O) groups is 1. The zero-order valence-corrected chi connectivity index (χ0v) is 18.1. The average molecular weight is 428 g/mol. The smallest absolute Gasteiger partial charge is 0.251 e. The van der Waals surface area contributed by atoms with E-state index < -0.39 is 0 Å². The highest BCUT2D eigenvalue weighted by Gasteiger charge is 2.20. The fraction of sp³-hybridized carbons (Fsp3) is 0.250. The van der Waals surface area contributed by atoms with Crippen LogP contribution in [-0.2, 0) is 0 Å². The molecule has 1 aromatic heterocycles. The van der Waals surface area contributed by atoms with Gasteiger partial charge in [-0.15, -0.1) is 0 Å². The highest BCUT2D eigenvalue weighted by molar-refractivity contribution is 5.96. The molecule has 4 aromatic rings. The van der Waals surface area contributed by atoms with Gasteiger partial charge >= 0.3 is 0 Å². The summed E-state index contributed by atoms with van der Waals surface area (Å²) < 4.78 is 19.2. The molecule has 1 aliphatic rings. The highest BCUT2D eigenvalue weighted by atomic mass is 19.1. The number of benzene rings is 3. The molecular weight excluding hydrogens is 401 g/mol. The minimum absolute atomic E-state index is 0.00520. The molecule has 32 heavy (non-hydrogen) atoms. The van der Waals surface area contributed by atoms with E-state index in [-0.39, 0.29) is 17.8 Å². The number of amides is 1. The molecule has 0 atom stereocenters. The number of furan rings is 1. The molecule has 0 bridgehead atoms. The van der Waals surface area contributed by atoms with Crippen LogP contribution >= 0.6 is 0 Å². The Balaban J connectivity index is 1.38. The van der Waals surface area contributed by atoms with Crippen molar-refractivity contribution in [2.75, 3.05) is 0 Å². The Bertz CT molecular complexity index is 1250. The summed E-state index contributed by atoms with van der Waals surface area (Å²) in [6.07, 6.45) is 4.46. The molecule has 1 amide bonds. The number of halogens is 1. The summed E-state index contributed by atoms with van der Waals surface area (Å²) >= 11 is 0. The van der Waals surface area contributed by atoms with Crippen LogP contribution < -0.4 is 5.32 Å². The molecule has 0 aliphatic heterocycles. The number of carbonyl (C=O) groups excluding carboxylic acids is 1. The summed E-state index contributed by atoms with van der Waals surface area (Å²) in [7, 11) is 0. The first kappa shape index (κ1) is 20.5. The average Bonchev–Trinajstić information content (AvgIpc) is 3.24. The van der Waals surface area contributed by atoms with Gasteiger partial charge < -0.3 is 9.73 Å². The van der Waals surface area contributed by atoms with Crippen molar-refractivity contribution in [3.63, 3.8) is 0 Å². The topological polar surface area (TPSA) is 42.2 Å². The first-order valence-electron chi connectivity index (χ1n) is 11.3. The third-order valence-electron chi connectivity index (χ3n) is 6.45. The van der Waals surface area contributed by atoms with Crippen LogP contribution in [0.15, 0.2) is 77.2 Å². The Hall–Kier alpha value is -3.40. The van der Waals surface area contributed by atoms with Gasteiger partial charge in [-0.1, -0.05) is 25.1 Å². The first-order chi connectivity index (χ1) is 15.5. The van der Waals surface area contributed by atoms with Crippen molar-refractivity contribution < 1.29 is 13.6 Å². The maximum absolute atomic E-state index is 13.2. The molecule has 4 heteroatoms. The molecule has 3 aromatic carbocycles. The molecule has 0 spiro atoms. The molecule has 0 saturated heterocycles. The van der Waals surface area contributed by atoms with E-state index in [4.69, 9.17) is 4.42 Å². The first-order valence-corrected chi connectivity index (χ1v) is 11.3. The van der Waals surface area contributed by atoms with E-state index in [0.717, 1.165) is 46.4 Å². The Labute approximate surface area is 187 Å². The van der Waals surface area contributed by atoms with E-state index >= 15 is 0 Å². The van der Waals surface area contributed by atoms with E-state index in [2.05, 4.69) is 18.3 Å². The number of fused-ring (bicyclic) bond motifs is 1. The fourth-order valence-electron chi connectivity index (χ4n) is 4.49. The summed E-state index contributed by atoms with van der Waals surface area (Å²) in [5.74, 6) is 1.18. The highest BCUT2D eigenvalue weighted by Crippen LogP contribution is 2.31. The SMILES string of the molecule is CC1CCC(NC(=O)c2cccc(-c3ccc4oc(-c5ccc(F)cc5)cc4c3)c2)CC1. The van der Waals surface area contributed by atoms with Crippen LogP contribution in [-0.4, -0.2) is 11.9 Å². The van der Waals surface area contributed by atoms with E-state index in [0.29, 0.717) is 11.3 Å². The lowest BCUT2D eigenvalue weighted by molar-refractivity contribution is 0.0923. The Kier molecular flexibility index (Phi) is 5.52. The van der Waals surface area contributed by atoms with Gasteiger partial charge in [0.1, 0.15) is 17.2 Å². The van der Waals surface area contributed by atoms with Crippen molar-refractivity contribution in [3.8, 4) is 22.5 Å². The predicted molar refractivity (Wildman–Crippen MR) is 126 cm³/mol. The van der Waals surface area contributed by atoms with Gasteiger partial charge in [-0.3, -0.25) is 4.79 Å². The zero-order chi connectivity index (χ0) is 22.1. The monoisotopic (exact) mass is 427 g/mol. The van der Waals surface area contributed by atoms with Crippen molar-refractivity contribution in [2.45, 2.75) is 38.6 Å². The van der Waals surface area contributed by atoms with Crippen molar-refractivity contribution >= 4 is 16.9 Å². The third kappa shape index (κ3) is 4.31. The molecule has 162 valence electrons. The molecule has 0 unspecified atom stereocenters. The maximum atomic E-state index is 13.2. The van der Waals surface area contributed by atoms with Gasteiger partial charge in [0.05, 0.1) is 0 Å². The minimum atomic E-state index is -0.269. The Morgan fingerprint density at radius 3 is 2.38 bits per heavy atom. The van der Waals surface area contributed by atoms with Crippen LogP contribution in [0.25, 0.3) is 33.4 Å². The second kappa shape index (κ2) is 8.62. The lowest BCUT2D eigenvalue weighted by atomic mass is 9.87. The predicted octanol–water partition coefficient (Wildman–Crippen LogP) is 7.21. The van der Waals surface area contributed by atoms with Crippen molar-refractivity contribution in [1.29, 1.82) is 0 Å². The molecule has 0 radical (unpaired) electrons. The summed E-state index contributed by atoms with van der Waals surface area (Å²) in [6, 6.07) is 22.3. The van der Waals surface area contributed by atoms with Crippen LogP contribution in [0.1, 0.15) is 43.0 Å². The van der Waals surface area contributed by atoms with Crippen LogP contribution in [0.3, 0.4) is 0 Å². The summed E-state index contributed by atoms with van der Waals surface area (Å²) in [4.78, 5) is 12.8. The molecule has 3 nitrogen and oxygen atoms in total. The second-order valence-corrected chi connectivity index (χ2v) is 8.88. The fourth-order valence-corrected chi connectivity index (χ4v) is 4.49. The Morgan fingerprint density at radius 1 is 0.875 bits per heavy atom. The largest absolute Gasteiger partial charge is 0.456 e. The van der Waals surface area contributed by atoms with E-state index in [1.54, 1.807) is 12.1 Å². The van der Waals surface area contributed by atoms with Gasteiger partial charge in [0, 0.05) is 22.6 Å². The van der Waals surface area contributed by atoms with Gasteiger partial charge in [0.15, 0.2) is 0 Å². The summed E-state index contributed by atoms with van der Waals surface area (Å²) in [5, 5.41) is 4.17. The number of rotatable bonds is 4. The molecule has 1 N–H and O–H groups in total. The normalized spacial score (nSPS) is 18.6. The summed E-state index contributed by atoms with van der Waals surface area (Å²) in [6.45, 7) is 2.28. The number of nitrogens with one attached hydrogen (secondary N) is 1. The van der Waals surface area contributed by atoms with Crippen molar-refractivity contribution in [2.24, 2.45) is 5.92 Å². The van der Waals surface area contributed by atoms with Crippen LogP contribution in [0.5, 0.6) is 0 Å². The van der Waals surface area contributed by atoms with Gasteiger partial charge in [-0.05, 0) is 97.3 Å². The lowest BCUT2D eigenvalue weighted by Crippen LogP contribution is -2.37. The Morgan fingerprint density at radius 2 is 1.59 bits per heavy atom. The quantitative estimate of drug-likeness (QED) is 0.374. The molecule has 1 aliphatic carbocycles. The number of hydrogen-bond acceptors (Lipinski definition) is 2. The van der Waals surface area contributed by atoms with Gasteiger partial charge in [0.2, 0.25) is 0 Å². The molecule has 1 fully saturated rings. The van der Waals surface area contributed by atoms with Gasteiger partial charge in [0.25, 0.3) is 5.91 Å². The van der Waals surface area contributed by atoms with Crippen LogP contribution in [0, 0.1) is 11.7 Å². The van der Waals surface area contributed by atoms with Crippen molar-refractivity contribution in [1.82, 2.24) is 5.32 Å². The van der Waals surface area contributed by atoms with Gasteiger partial charge in [-0.25, -0.2) is 4.39 Å². The molecular formula is C28H26FNO2. The molecule has 5 rings (SSSR count).